The molecule has 8 nitrogen and oxygen atoms in total. The van der Waals surface area contributed by atoms with Crippen LogP contribution in [0.4, 0.5) is 32.0 Å². The Morgan fingerprint density at radius 1 is 0.557 bits per heavy atom. The Morgan fingerprint density at radius 3 is 1.49 bits per heavy atom. The fourth-order valence-electron chi connectivity index (χ4n) is 14.1. The van der Waals surface area contributed by atoms with Gasteiger partial charge in [0.2, 0.25) is 0 Å². The number of allylic oxidation sites excluding steroid dienone is 4. The predicted octanol–water partition coefficient (Wildman–Crippen LogP) is 20.5. The molecular weight excluding hydrogens is 1340 g/mol. The Labute approximate surface area is 535 Å². The monoisotopic (exact) mass is 1390 g/mol. The molecule has 0 spiro atoms. The van der Waals surface area contributed by atoms with E-state index in [2.05, 4.69) is 45.7 Å². The van der Waals surface area contributed by atoms with Gasteiger partial charge < -0.3 is 4.74 Å². The second-order valence-electron chi connectivity index (χ2n) is 23.7. The zero-order valence-electron chi connectivity index (χ0n) is 47.9. The number of hydrogen-bond acceptors (Lipinski definition) is 10. The zero-order chi connectivity index (χ0) is 62.1. The standard InChI is InChI=1S/C68H52Br2F6N2O6S4/c1-6-8-10-12-14-33(15-13-11-9-7-2)77-59(79)40-25-21-36-38-23-27-42-52-43(28-24-39(50(38)52)37-22-26-41(60(77)80)51(40)49(36)37)62(82)78(61(42)81)34-17-19-35(20-18-34)84-63(83)58-56(70)55(69)57(86-58)48-31-45-54-53(66(71,72)68(75,76)67(54,73)74)44-30-47(46-29-16-32(3)85-46)87-64(44,4)65(45,5)88-48/h16-31,33H,6-15H2,1-5H3. The molecule has 6 heterocycles. The second kappa shape index (κ2) is 21.0. The number of halogens is 8. The molecule has 450 valence electrons. The van der Waals surface area contributed by atoms with Crippen molar-refractivity contribution in [3.8, 4) is 5.75 Å². The SMILES string of the molecule is CCCCCCC(CCCCCC)N1C(=O)c2ccc3c4ccc5c6c(ccc(c7ccc(c2c37)C1=O)c64)C(=O)N(c1ccc(OC(=O)c2sc(C3=CC4=C6C(=C7C=C(c8ccc(C)s8)SC7(C)C4(C)S3)C(F)(F)C(F)(F)C6(F)F)c(Br)c2Br)cc1)C5=O. The number of esters is 1. The van der Waals surface area contributed by atoms with Crippen molar-refractivity contribution in [2.75, 3.05) is 4.90 Å². The molecule has 2 atom stereocenters. The molecule has 2 aromatic heterocycles. The maximum Gasteiger partial charge on any atom is 0.380 e. The third-order valence-corrected chi connectivity index (χ3v) is 27.1. The third-order valence-electron chi connectivity index (χ3n) is 18.6. The molecule has 20 heteroatoms. The lowest BCUT2D eigenvalue weighted by Gasteiger charge is -2.47. The molecule has 0 N–H and O–H groups in total. The first-order valence-electron chi connectivity index (χ1n) is 29.2. The van der Waals surface area contributed by atoms with Crippen LogP contribution in [-0.2, 0) is 0 Å². The first-order valence-corrected chi connectivity index (χ1v) is 34.1. The number of hydrogen-bond donors (Lipinski definition) is 0. The molecule has 8 aromatic rings. The minimum Gasteiger partial charge on any atom is -0.422 e. The van der Waals surface area contributed by atoms with Gasteiger partial charge in [0.25, 0.3) is 23.6 Å². The first kappa shape index (κ1) is 59.6. The summed E-state index contributed by atoms with van der Waals surface area (Å²) in [6.45, 7) is 9.41. The van der Waals surface area contributed by atoms with Gasteiger partial charge in [-0.15, -0.1) is 46.2 Å². The summed E-state index contributed by atoms with van der Waals surface area (Å²) in [6.07, 6.45) is 12.4. The van der Waals surface area contributed by atoms with E-state index in [-0.39, 0.29) is 65.8 Å². The summed E-state index contributed by atoms with van der Waals surface area (Å²) in [5.74, 6) is -18.7. The molecule has 4 amide bonds. The normalized spacial score (nSPS) is 21.5. The maximum absolute atomic E-state index is 16.2. The summed E-state index contributed by atoms with van der Waals surface area (Å²) < 4.78 is 99.0. The van der Waals surface area contributed by atoms with Gasteiger partial charge in [0.1, 0.15) is 10.6 Å². The number of imide groups is 2. The summed E-state index contributed by atoms with van der Waals surface area (Å²) in [5, 5.41) is 5.65. The van der Waals surface area contributed by atoms with E-state index >= 15 is 26.3 Å². The van der Waals surface area contributed by atoms with Gasteiger partial charge in [-0.3, -0.25) is 24.1 Å². The van der Waals surface area contributed by atoms with Crippen LogP contribution < -0.4 is 9.64 Å². The van der Waals surface area contributed by atoms with Crippen LogP contribution in [0.5, 0.6) is 5.75 Å². The number of anilines is 1. The Bertz CT molecular complexity index is 4470. The number of carbonyl (C=O) groups excluding carboxylic acids is 5. The fraction of sp³-hybridized carbons (Fsp3) is 0.309. The van der Waals surface area contributed by atoms with Crippen LogP contribution in [-0.4, -0.2) is 67.8 Å². The molecule has 1 saturated carbocycles. The second-order valence-corrected chi connectivity index (χ2v) is 30.5. The summed E-state index contributed by atoms with van der Waals surface area (Å²) in [5.41, 5.74) is -1.67. The number of nitrogens with zero attached hydrogens (tertiary/aromatic N) is 2. The van der Waals surface area contributed by atoms with Gasteiger partial charge in [0.15, 0.2) is 0 Å². The molecule has 0 saturated heterocycles. The van der Waals surface area contributed by atoms with Gasteiger partial charge in [0, 0.05) is 69.8 Å². The van der Waals surface area contributed by atoms with Crippen molar-refractivity contribution in [2.24, 2.45) is 0 Å². The van der Waals surface area contributed by atoms with E-state index < -0.39 is 56.2 Å². The van der Waals surface area contributed by atoms with Crippen LogP contribution in [0.25, 0.3) is 52.9 Å². The van der Waals surface area contributed by atoms with Gasteiger partial charge in [-0.1, -0.05) is 89.5 Å². The van der Waals surface area contributed by atoms with E-state index in [4.69, 9.17) is 4.74 Å². The molecule has 1 fully saturated rings. The highest BCUT2D eigenvalue weighted by molar-refractivity contribution is 9.13. The van der Waals surface area contributed by atoms with Crippen molar-refractivity contribution in [2.45, 2.75) is 132 Å². The lowest BCUT2D eigenvalue weighted by molar-refractivity contribution is -0.258. The van der Waals surface area contributed by atoms with Crippen LogP contribution >= 0.6 is 78.1 Å². The number of carbonyl (C=O) groups is 5. The third kappa shape index (κ3) is 8.24. The van der Waals surface area contributed by atoms with E-state index in [1.807, 2.05) is 49.4 Å². The maximum atomic E-state index is 16.2. The quantitative estimate of drug-likeness (QED) is 0.0179. The van der Waals surface area contributed by atoms with E-state index in [9.17, 15) is 24.0 Å². The number of ether oxygens (including phenoxy) is 1. The number of amides is 4. The van der Waals surface area contributed by atoms with Gasteiger partial charge in [-0.2, -0.15) is 26.3 Å². The van der Waals surface area contributed by atoms with Gasteiger partial charge in [-0.25, -0.2) is 9.69 Å². The molecule has 88 heavy (non-hydrogen) atoms. The lowest BCUT2D eigenvalue weighted by Crippen LogP contribution is -2.48. The Kier molecular flexibility index (Phi) is 14.2. The lowest BCUT2D eigenvalue weighted by atomic mass is 9.71. The summed E-state index contributed by atoms with van der Waals surface area (Å²) >= 11 is 11.6. The van der Waals surface area contributed by atoms with Crippen LogP contribution in [0, 0.1) is 6.92 Å². The number of fused-ring (bicyclic) bond motifs is 6. The number of benzene rings is 6. The molecule has 6 aliphatic rings. The average Bonchev–Trinajstić information content (AvgIpc) is 1.45. The average molecular weight is 1400 g/mol. The van der Waals surface area contributed by atoms with E-state index in [1.54, 1.807) is 32.0 Å². The van der Waals surface area contributed by atoms with E-state index in [1.165, 1.54) is 64.4 Å². The molecule has 4 aliphatic heterocycles. The van der Waals surface area contributed by atoms with Crippen LogP contribution in [0.1, 0.15) is 158 Å². The van der Waals surface area contributed by atoms with E-state index in [0.29, 0.717) is 46.4 Å². The largest absolute Gasteiger partial charge is 0.422 e. The first-order chi connectivity index (χ1) is 41.9. The van der Waals surface area contributed by atoms with Crippen molar-refractivity contribution in [1.82, 2.24) is 4.90 Å². The topological polar surface area (TPSA) is 101 Å². The molecular formula is C68H52Br2F6N2O6S4. The Morgan fingerprint density at radius 2 is 1.02 bits per heavy atom. The van der Waals surface area contributed by atoms with Crippen molar-refractivity contribution < 1.29 is 55.1 Å². The molecule has 0 bridgehead atoms. The number of rotatable bonds is 16. The van der Waals surface area contributed by atoms with Crippen LogP contribution in [0.15, 0.2) is 128 Å². The molecule has 0 radical (unpaired) electrons. The van der Waals surface area contributed by atoms with Crippen LogP contribution in [0.3, 0.4) is 0 Å². The number of unbranched alkanes of at least 4 members (excludes halogenated alkanes) is 6. The molecule has 14 rings (SSSR count). The Hall–Kier alpha value is -6.03. The number of aryl methyl sites for hydroxylation is 1. The molecule has 6 aromatic carbocycles. The van der Waals surface area contributed by atoms with Crippen molar-refractivity contribution in [1.29, 1.82) is 0 Å². The van der Waals surface area contributed by atoms with Crippen LogP contribution in [0.2, 0.25) is 0 Å². The zero-order valence-corrected chi connectivity index (χ0v) is 54.3. The van der Waals surface area contributed by atoms with Gasteiger partial charge in [0.05, 0.1) is 29.0 Å². The van der Waals surface area contributed by atoms with Gasteiger partial charge >= 0.3 is 23.7 Å². The smallest absolute Gasteiger partial charge is 0.380 e. The highest BCUT2D eigenvalue weighted by atomic mass is 79.9. The Balaban J connectivity index is 0.740. The number of thioether (sulfide) groups is 2. The highest BCUT2D eigenvalue weighted by Crippen LogP contribution is 2.76. The summed E-state index contributed by atoms with van der Waals surface area (Å²) in [4.78, 5) is 78.2. The number of alkyl halides is 6. The van der Waals surface area contributed by atoms with Crippen molar-refractivity contribution in [3.63, 3.8) is 0 Å². The summed E-state index contributed by atoms with van der Waals surface area (Å²) in [6, 6.07) is 23.7. The van der Waals surface area contributed by atoms with Crippen molar-refractivity contribution >= 4 is 166 Å². The molecule has 2 unspecified atom stereocenters. The van der Waals surface area contributed by atoms with Crippen molar-refractivity contribution in [3.05, 3.63) is 170 Å². The highest BCUT2D eigenvalue weighted by Gasteiger charge is 2.84. The minimum absolute atomic E-state index is 0.0204. The van der Waals surface area contributed by atoms with E-state index in [0.717, 1.165) is 124 Å². The minimum atomic E-state index is -5.73. The molecule has 2 aliphatic carbocycles. The fourth-order valence-corrected chi connectivity index (χ4v) is 20.9. The predicted molar refractivity (Wildman–Crippen MR) is 348 cm³/mol. The summed E-state index contributed by atoms with van der Waals surface area (Å²) in [7, 11) is 0. The van der Waals surface area contributed by atoms with Gasteiger partial charge in [-0.05, 0) is 182 Å². The number of thiophene rings is 2.